The Morgan fingerprint density at radius 2 is 1.97 bits per heavy atom. The van der Waals surface area contributed by atoms with Gasteiger partial charge in [0, 0.05) is 36.4 Å². The van der Waals surface area contributed by atoms with Gasteiger partial charge in [0.15, 0.2) is 0 Å². The Bertz CT molecular complexity index is 1280. The van der Waals surface area contributed by atoms with Crippen LogP contribution in [0.25, 0.3) is 22.2 Å². The number of amides is 1. The predicted molar refractivity (Wildman–Crippen MR) is 130 cm³/mol. The summed E-state index contributed by atoms with van der Waals surface area (Å²) in [6, 6.07) is 14.3. The molecule has 1 saturated carbocycles. The minimum absolute atomic E-state index is 0.0780. The van der Waals surface area contributed by atoms with Crippen molar-refractivity contribution in [3.63, 3.8) is 0 Å². The Labute approximate surface area is 194 Å². The molecule has 33 heavy (non-hydrogen) atoms. The summed E-state index contributed by atoms with van der Waals surface area (Å²) in [5, 5.41) is 8.53. The molecule has 0 bridgehead atoms. The van der Waals surface area contributed by atoms with Gasteiger partial charge in [0.05, 0.1) is 17.4 Å². The van der Waals surface area contributed by atoms with Crippen LogP contribution in [0.5, 0.6) is 0 Å². The molecule has 2 atom stereocenters. The van der Waals surface area contributed by atoms with Crippen LogP contribution in [0.1, 0.15) is 54.2 Å². The lowest BCUT2D eigenvalue weighted by atomic mass is 9.86. The normalized spacial score (nSPS) is 18.4. The van der Waals surface area contributed by atoms with Crippen molar-refractivity contribution in [3.05, 3.63) is 77.9 Å². The van der Waals surface area contributed by atoms with Gasteiger partial charge in [-0.3, -0.25) is 14.5 Å². The van der Waals surface area contributed by atoms with Gasteiger partial charge in [-0.25, -0.2) is 4.98 Å². The molecular weight excluding hydrogens is 410 g/mol. The third-order valence-electron chi connectivity index (χ3n) is 6.68. The summed E-state index contributed by atoms with van der Waals surface area (Å²) < 4.78 is 1.77. The topological polar surface area (TPSA) is 72.7 Å². The number of carbonyl (C=O) groups is 1. The summed E-state index contributed by atoms with van der Waals surface area (Å²) in [4.78, 5) is 22.4. The molecule has 1 aliphatic rings. The van der Waals surface area contributed by atoms with Crippen molar-refractivity contribution in [2.75, 3.05) is 0 Å². The molecule has 4 aromatic rings. The number of pyridine rings is 2. The van der Waals surface area contributed by atoms with E-state index in [4.69, 9.17) is 0 Å². The van der Waals surface area contributed by atoms with Gasteiger partial charge in [0.25, 0.3) is 5.91 Å². The average Bonchev–Trinajstić information content (AvgIpc) is 3.27. The van der Waals surface area contributed by atoms with E-state index in [9.17, 15) is 4.79 Å². The molecule has 0 spiro atoms. The second-order valence-electron chi connectivity index (χ2n) is 9.16. The number of benzene rings is 1. The minimum atomic E-state index is -0.0780. The lowest BCUT2D eigenvalue weighted by Gasteiger charge is -2.29. The number of rotatable bonds is 5. The fourth-order valence-electron chi connectivity index (χ4n) is 4.76. The number of nitrogens with one attached hydrogen (secondary N) is 1. The number of nitrogens with zero attached hydrogens (tertiary/aromatic N) is 4. The molecule has 0 aliphatic heterocycles. The van der Waals surface area contributed by atoms with Crippen molar-refractivity contribution in [1.82, 2.24) is 25.1 Å². The van der Waals surface area contributed by atoms with Crippen molar-refractivity contribution in [2.24, 2.45) is 13.0 Å². The maximum Gasteiger partial charge on any atom is 0.270 e. The predicted octanol–water partition coefficient (Wildman–Crippen LogP) is 4.93. The molecule has 0 radical (unpaired) electrons. The SMILES string of the molecule is C[C@@H]1CCCCC1NC(=O)c1cc(Cc2ccc(-c3cnn(C)c3)nc2)c2ccccc2n1. The van der Waals surface area contributed by atoms with Gasteiger partial charge in [-0.05, 0) is 54.5 Å². The monoisotopic (exact) mass is 439 g/mol. The van der Waals surface area contributed by atoms with Crippen LogP contribution in [0.4, 0.5) is 0 Å². The molecule has 1 N–H and O–H groups in total. The van der Waals surface area contributed by atoms with Gasteiger partial charge in [-0.2, -0.15) is 5.10 Å². The van der Waals surface area contributed by atoms with Gasteiger partial charge in [-0.15, -0.1) is 0 Å². The van der Waals surface area contributed by atoms with Crippen molar-refractivity contribution in [1.29, 1.82) is 0 Å². The van der Waals surface area contributed by atoms with Gasteiger partial charge < -0.3 is 5.32 Å². The molecule has 3 heterocycles. The largest absolute Gasteiger partial charge is 0.348 e. The molecule has 1 aliphatic carbocycles. The number of hydrogen-bond donors (Lipinski definition) is 1. The molecule has 6 nitrogen and oxygen atoms in total. The van der Waals surface area contributed by atoms with Crippen LogP contribution in [0.2, 0.25) is 0 Å². The van der Waals surface area contributed by atoms with Gasteiger partial charge in [0.2, 0.25) is 0 Å². The van der Waals surface area contributed by atoms with Gasteiger partial charge in [-0.1, -0.05) is 44.0 Å². The highest BCUT2D eigenvalue weighted by Gasteiger charge is 2.24. The van der Waals surface area contributed by atoms with E-state index in [1.165, 1.54) is 19.3 Å². The highest BCUT2D eigenvalue weighted by molar-refractivity contribution is 5.96. The van der Waals surface area contributed by atoms with E-state index in [1.54, 1.807) is 4.68 Å². The quantitative estimate of drug-likeness (QED) is 0.479. The van der Waals surface area contributed by atoms with E-state index in [1.807, 2.05) is 56.0 Å². The molecule has 0 saturated heterocycles. The van der Waals surface area contributed by atoms with Crippen LogP contribution in [-0.4, -0.2) is 31.7 Å². The van der Waals surface area contributed by atoms with Crippen LogP contribution >= 0.6 is 0 Å². The van der Waals surface area contributed by atoms with Crippen LogP contribution in [0.3, 0.4) is 0 Å². The summed E-state index contributed by atoms with van der Waals surface area (Å²) in [5.74, 6) is 0.429. The van der Waals surface area contributed by atoms with Gasteiger partial charge in [0.1, 0.15) is 5.69 Å². The Morgan fingerprint density at radius 1 is 1.12 bits per heavy atom. The molecular formula is C27H29N5O. The number of aryl methyl sites for hydroxylation is 1. The van der Waals surface area contributed by atoms with Crippen molar-refractivity contribution >= 4 is 16.8 Å². The number of carbonyl (C=O) groups excluding carboxylic acids is 1. The minimum Gasteiger partial charge on any atom is -0.348 e. The van der Waals surface area contributed by atoms with E-state index in [0.717, 1.165) is 39.7 Å². The molecule has 3 aromatic heterocycles. The first-order valence-corrected chi connectivity index (χ1v) is 11.7. The molecule has 1 unspecified atom stereocenters. The molecule has 168 valence electrons. The standard InChI is InChI=1S/C27H29N5O/c1-18-7-3-5-9-23(18)31-27(33)26-14-20(22-8-4-6-10-25(22)30-26)13-19-11-12-24(28-15-19)21-16-29-32(2)17-21/h4,6,8,10-12,14-18,23H,3,5,7,9,13H2,1-2H3,(H,31,33)/t18-,23?/m1/s1. The summed E-state index contributed by atoms with van der Waals surface area (Å²) in [7, 11) is 1.90. The first-order chi connectivity index (χ1) is 16.1. The summed E-state index contributed by atoms with van der Waals surface area (Å²) in [5.41, 5.74) is 5.39. The molecule has 1 amide bonds. The average molecular weight is 440 g/mol. The van der Waals surface area contributed by atoms with Crippen LogP contribution < -0.4 is 5.32 Å². The third-order valence-corrected chi connectivity index (χ3v) is 6.68. The Kier molecular flexibility index (Phi) is 5.90. The zero-order chi connectivity index (χ0) is 22.8. The Balaban J connectivity index is 1.42. The van der Waals surface area contributed by atoms with Crippen LogP contribution in [-0.2, 0) is 13.5 Å². The smallest absolute Gasteiger partial charge is 0.270 e. The summed E-state index contributed by atoms with van der Waals surface area (Å²) in [6.45, 7) is 2.23. The second-order valence-corrected chi connectivity index (χ2v) is 9.16. The fourth-order valence-corrected chi connectivity index (χ4v) is 4.76. The zero-order valence-corrected chi connectivity index (χ0v) is 19.2. The maximum atomic E-state index is 13.1. The highest BCUT2D eigenvalue weighted by Crippen LogP contribution is 2.25. The van der Waals surface area contributed by atoms with Crippen molar-refractivity contribution in [2.45, 2.75) is 45.1 Å². The van der Waals surface area contributed by atoms with Crippen molar-refractivity contribution < 1.29 is 4.79 Å². The second kappa shape index (κ2) is 9.14. The number of fused-ring (bicyclic) bond motifs is 1. The third kappa shape index (κ3) is 4.65. The molecule has 1 aromatic carbocycles. The molecule has 6 heteroatoms. The molecule has 1 fully saturated rings. The highest BCUT2D eigenvalue weighted by atomic mass is 16.1. The van der Waals surface area contributed by atoms with E-state index < -0.39 is 0 Å². The zero-order valence-electron chi connectivity index (χ0n) is 19.2. The van der Waals surface area contributed by atoms with Crippen LogP contribution in [0, 0.1) is 5.92 Å². The first-order valence-electron chi connectivity index (χ1n) is 11.7. The van der Waals surface area contributed by atoms with E-state index >= 15 is 0 Å². The Morgan fingerprint density at radius 3 is 2.73 bits per heavy atom. The lowest BCUT2D eigenvalue weighted by Crippen LogP contribution is -2.41. The maximum absolute atomic E-state index is 13.1. The molecule has 5 rings (SSSR count). The van der Waals surface area contributed by atoms with E-state index in [0.29, 0.717) is 18.0 Å². The summed E-state index contributed by atoms with van der Waals surface area (Å²) in [6.07, 6.45) is 11.0. The van der Waals surface area contributed by atoms with Crippen molar-refractivity contribution in [3.8, 4) is 11.3 Å². The fraction of sp³-hybridized carbons (Fsp3) is 0.333. The van der Waals surface area contributed by atoms with Gasteiger partial charge >= 0.3 is 0 Å². The van der Waals surface area contributed by atoms with Crippen LogP contribution in [0.15, 0.2) is 61.1 Å². The Hall–Kier alpha value is -3.54. The van der Waals surface area contributed by atoms with E-state index in [2.05, 4.69) is 39.4 Å². The number of para-hydroxylation sites is 1. The van der Waals surface area contributed by atoms with E-state index in [-0.39, 0.29) is 11.9 Å². The number of aromatic nitrogens is 4. The number of hydrogen-bond acceptors (Lipinski definition) is 4. The first kappa shape index (κ1) is 21.3. The summed E-state index contributed by atoms with van der Waals surface area (Å²) >= 11 is 0. The lowest BCUT2D eigenvalue weighted by molar-refractivity contribution is 0.0905.